The molecule has 5 rings (SSSR count). The summed E-state index contributed by atoms with van der Waals surface area (Å²) in [7, 11) is 0. The van der Waals surface area contributed by atoms with Crippen molar-refractivity contribution in [1.29, 1.82) is 0 Å². The number of halogens is 1. The SMILES string of the molecule is Cc1nsc(-c2nnc3n2CCN(C(=O)c2ccc(F)cc2)C32CC2)n1. The summed E-state index contributed by atoms with van der Waals surface area (Å²) in [4.78, 5) is 19.3. The van der Waals surface area contributed by atoms with E-state index in [1.165, 1.54) is 35.8 Å². The highest BCUT2D eigenvalue weighted by molar-refractivity contribution is 7.09. The Bertz CT molecular complexity index is 1010. The third-order valence-electron chi connectivity index (χ3n) is 5.01. The molecule has 0 bridgehead atoms. The second-order valence-electron chi connectivity index (χ2n) is 6.64. The first kappa shape index (κ1) is 15.6. The maximum Gasteiger partial charge on any atom is 0.254 e. The number of rotatable bonds is 2. The van der Waals surface area contributed by atoms with Gasteiger partial charge in [-0.3, -0.25) is 4.79 Å². The molecule has 0 unspecified atom stereocenters. The maximum atomic E-state index is 13.2. The second-order valence-corrected chi connectivity index (χ2v) is 7.39. The zero-order valence-electron chi connectivity index (χ0n) is 14.0. The summed E-state index contributed by atoms with van der Waals surface area (Å²) >= 11 is 1.31. The van der Waals surface area contributed by atoms with Gasteiger partial charge in [-0.2, -0.15) is 4.37 Å². The van der Waals surface area contributed by atoms with Gasteiger partial charge in [-0.1, -0.05) is 0 Å². The van der Waals surface area contributed by atoms with Crippen molar-refractivity contribution in [3.05, 3.63) is 47.3 Å². The topological polar surface area (TPSA) is 76.8 Å². The number of benzene rings is 1. The van der Waals surface area contributed by atoms with E-state index in [1.54, 1.807) is 0 Å². The van der Waals surface area contributed by atoms with E-state index < -0.39 is 5.54 Å². The summed E-state index contributed by atoms with van der Waals surface area (Å²) in [5, 5.41) is 9.47. The van der Waals surface area contributed by atoms with Crippen LogP contribution in [0.3, 0.4) is 0 Å². The third-order valence-corrected chi connectivity index (χ3v) is 5.81. The summed E-state index contributed by atoms with van der Waals surface area (Å²) < 4.78 is 19.4. The minimum Gasteiger partial charge on any atom is -0.324 e. The number of aryl methyl sites for hydroxylation is 1. The molecule has 1 fully saturated rings. The number of aromatic nitrogens is 5. The van der Waals surface area contributed by atoms with Gasteiger partial charge in [0.2, 0.25) is 0 Å². The standard InChI is InChI=1S/C17H15FN6OS/c1-10-19-14(26-22-10)13-20-21-16-17(6-7-17)24(9-8-23(13)16)15(25)11-2-4-12(18)5-3-11/h2-5H,6-9H2,1H3. The van der Waals surface area contributed by atoms with E-state index in [1.807, 2.05) is 11.8 Å². The highest BCUT2D eigenvalue weighted by Crippen LogP contribution is 2.53. The van der Waals surface area contributed by atoms with Crippen LogP contribution in [0.1, 0.15) is 34.8 Å². The molecule has 7 nitrogen and oxygen atoms in total. The average Bonchev–Trinajstić information content (AvgIpc) is 3.09. The van der Waals surface area contributed by atoms with Crippen LogP contribution in [0.25, 0.3) is 10.8 Å². The molecule has 0 radical (unpaired) electrons. The predicted molar refractivity (Wildman–Crippen MR) is 92.0 cm³/mol. The molecule has 9 heteroatoms. The molecule has 1 aromatic carbocycles. The first-order chi connectivity index (χ1) is 12.6. The number of hydrogen-bond donors (Lipinski definition) is 0. The fourth-order valence-corrected chi connectivity index (χ4v) is 4.26. The van der Waals surface area contributed by atoms with Gasteiger partial charge in [-0.05, 0) is 55.6 Å². The Morgan fingerprint density at radius 1 is 1.19 bits per heavy atom. The van der Waals surface area contributed by atoms with E-state index in [-0.39, 0.29) is 11.7 Å². The fraction of sp³-hybridized carbons (Fsp3) is 0.353. The van der Waals surface area contributed by atoms with Crippen LogP contribution in [0, 0.1) is 12.7 Å². The molecule has 1 aliphatic carbocycles. The van der Waals surface area contributed by atoms with Gasteiger partial charge in [0.25, 0.3) is 5.91 Å². The lowest BCUT2D eigenvalue weighted by Gasteiger charge is -2.36. The summed E-state index contributed by atoms with van der Waals surface area (Å²) in [5.74, 6) is 1.79. The van der Waals surface area contributed by atoms with Gasteiger partial charge in [0.15, 0.2) is 16.7 Å². The van der Waals surface area contributed by atoms with Gasteiger partial charge in [0.05, 0.1) is 0 Å². The first-order valence-corrected chi connectivity index (χ1v) is 9.18. The lowest BCUT2D eigenvalue weighted by Crippen LogP contribution is -2.47. The smallest absolute Gasteiger partial charge is 0.254 e. The Hall–Kier alpha value is -2.68. The zero-order valence-corrected chi connectivity index (χ0v) is 14.8. The molecular weight excluding hydrogens is 355 g/mol. The monoisotopic (exact) mass is 370 g/mol. The molecule has 3 heterocycles. The van der Waals surface area contributed by atoms with Crippen molar-refractivity contribution in [2.45, 2.75) is 31.8 Å². The van der Waals surface area contributed by atoms with Gasteiger partial charge in [-0.25, -0.2) is 9.37 Å². The number of carbonyl (C=O) groups excluding carboxylic acids is 1. The van der Waals surface area contributed by atoms with Crippen molar-refractivity contribution in [1.82, 2.24) is 29.0 Å². The number of carbonyl (C=O) groups is 1. The van der Waals surface area contributed by atoms with E-state index in [4.69, 9.17) is 0 Å². The highest BCUT2D eigenvalue weighted by Gasteiger charge is 2.57. The van der Waals surface area contributed by atoms with Crippen molar-refractivity contribution in [2.24, 2.45) is 0 Å². The van der Waals surface area contributed by atoms with Crippen LogP contribution < -0.4 is 0 Å². The van der Waals surface area contributed by atoms with Crippen molar-refractivity contribution in [3.8, 4) is 10.8 Å². The first-order valence-electron chi connectivity index (χ1n) is 8.40. The van der Waals surface area contributed by atoms with Crippen molar-refractivity contribution in [3.63, 3.8) is 0 Å². The summed E-state index contributed by atoms with van der Waals surface area (Å²) in [6, 6.07) is 5.69. The molecule has 1 aliphatic heterocycles. The Labute approximate surface area is 152 Å². The number of hydrogen-bond acceptors (Lipinski definition) is 6. The normalized spacial score (nSPS) is 17.4. The Morgan fingerprint density at radius 3 is 2.62 bits per heavy atom. The summed E-state index contributed by atoms with van der Waals surface area (Å²) in [5.41, 5.74) is 0.0833. The Kier molecular flexibility index (Phi) is 3.24. The lowest BCUT2D eigenvalue weighted by atomic mass is 10.1. The van der Waals surface area contributed by atoms with Crippen molar-refractivity contribution in [2.75, 3.05) is 6.54 Å². The average molecular weight is 370 g/mol. The second kappa shape index (κ2) is 5.41. The van der Waals surface area contributed by atoms with E-state index >= 15 is 0 Å². The molecule has 1 spiro atoms. The van der Waals surface area contributed by atoms with Crippen LogP contribution in [0.2, 0.25) is 0 Å². The van der Waals surface area contributed by atoms with Crippen LogP contribution in [-0.2, 0) is 12.1 Å². The van der Waals surface area contributed by atoms with Crippen molar-refractivity contribution < 1.29 is 9.18 Å². The lowest BCUT2D eigenvalue weighted by molar-refractivity contribution is 0.0574. The van der Waals surface area contributed by atoms with Gasteiger partial charge in [0.1, 0.15) is 17.2 Å². The highest BCUT2D eigenvalue weighted by atomic mass is 32.1. The largest absolute Gasteiger partial charge is 0.324 e. The molecule has 132 valence electrons. The molecule has 0 N–H and O–H groups in total. The van der Waals surface area contributed by atoms with Crippen LogP contribution in [-0.4, -0.2) is 41.5 Å². The minimum absolute atomic E-state index is 0.0925. The summed E-state index contributed by atoms with van der Waals surface area (Å²) in [6.45, 7) is 3.01. The zero-order chi connectivity index (χ0) is 17.9. The van der Waals surface area contributed by atoms with E-state index in [2.05, 4.69) is 24.1 Å². The number of amides is 1. The summed E-state index contributed by atoms with van der Waals surface area (Å²) in [6.07, 6.45) is 1.71. The van der Waals surface area contributed by atoms with E-state index in [0.717, 1.165) is 23.7 Å². The molecule has 0 atom stereocenters. The maximum absolute atomic E-state index is 13.2. The Balaban J connectivity index is 1.51. The molecule has 0 saturated heterocycles. The number of nitrogens with zero attached hydrogens (tertiary/aromatic N) is 6. The van der Waals surface area contributed by atoms with Gasteiger partial charge in [0, 0.05) is 18.7 Å². The fourth-order valence-electron chi connectivity index (χ4n) is 3.60. The van der Waals surface area contributed by atoms with Crippen LogP contribution in [0.4, 0.5) is 4.39 Å². The third kappa shape index (κ3) is 2.20. The molecular formula is C17H15FN6OS. The Morgan fingerprint density at radius 2 is 1.96 bits per heavy atom. The quantitative estimate of drug-likeness (QED) is 0.692. The molecule has 2 aliphatic rings. The predicted octanol–water partition coefficient (Wildman–Crippen LogP) is 2.39. The van der Waals surface area contributed by atoms with E-state index in [0.29, 0.717) is 30.3 Å². The van der Waals surface area contributed by atoms with Gasteiger partial charge < -0.3 is 9.47 Å². The minimum atomic E-state index is -0.408. The van der Waals surface area contributed by atoms with Crippen molar-refractivity contribution >= 4 is 17.4 Å². The number of fused-ring (bicyclic) bond motifs is 2. The molecule has 1 amide bonds. The molecule has 2 aromatic heterocycles. The molecule has 1 saturated carbocycles. The molecule has 3 aromatic rings. The van der Waals surface area contributed by atoms with Gasteiger partial charge in [-0.15, -0.1) is 10.2 Å². The van der Waals surface area contributed by atoms with E-state index in [9.17, 15) is 9.18 Å². The van der Waals surface area contributed by atoms with Crippen LogP contribution in [0.15, 0.2) is 24.3 Å². The van der Waals surface area contributed by atoms with Gasteiger partial charge >= 0.3 is 0 Å². The van der Waals surface area contributed by atoms with Crippen LogP contribution >= 0.6 is 11.5 Å². The molecule has 26 heavy (non-hydrogen) atoms. The van der Waals surface area contributed by atoms with Crippen LogP contribution in [0.5, 0.6) is 0 Å².